The van der Waals surface area contributed by atoms with Crippen molar-refractivity contribution in [3.8, 4) is 5.75 Å². The van der Waals surface area contributed by atoms with Crippen LogP contribution in [0.4, 0.5) is 0 Å². The van der Waals surface area contributed by atoms with E-state index in [1.807, 2.05) is 12.1 Å². The van der Waals surface area contributed by atoms with Gasteiger partial charge in [-0.25, -0.2) is 0 Å². The first-order valence-electron chi connectivity index (χ1n) is 6.84. The summed E-state index contributed by atoms with van der Waals surface area (Å²) in [5.74, 6) is 0.846. The van der Waals surface area contributed by atoms with E-state index in [4.69, 9.17) is 25.4 Å². The Bertz CT molecular complexity index is 444. The van der Waals surface area contributed by atoms with Gasteiger partial charge in [-0.1, -0.05) is 0 Å². The molecule has 0 bridgehead atoms. The zero-order valence-corrected chi connectivity index (χ0v) is 13.0. The monoisotopic (exact) mass is 295 g/mol. The number of hydrogen-bond donors (Lipinski definition) is 2. The molecule has 118 valence electrons. The largest absolute Gasteiger partial charge is 0.496 e. The minimum Gasteiger partial charge on any atom is -0.496 e. The highest BCUT2D eigenvalue weighted by Gasteiger charge is 2.11. The second-order valence-corrected chi connectivity index (χ2v) is 4.70. The van der Waals surface area contributed by atoms with Crippen molar-refractivity contribution in [1.29, 1.82) is 5.41 Å². The van der Waals surface area contributed by atoms with Gasteiger partial charge in [-0.05, 0) is 18.2 Å². The van der Waals surface area contributed by atoms with Crippen LogP contribution in [-0.2, 0) is 16.0 Å². The van der Waals surface area contributed by atoms with Crippen LogP contribution in [-0.4, -0.2) is 58.4 Å². The maximum absolute atomic E-state index is 7.55. The number of nitrogen functional groups attached to an aromatic ring is 1. The lowest BCUT2D eigenvalue weighted by Crippen LogP contribution is -2.30. The van der Waals surface area contributed by atoms with E-state index in [2.05, 4.69) is 4.90 Å². The van der Waals surface area contributed by atoms with E-state index >= 15 is 0 Å². The second-order valence-electron chi connectivity index (χ2n) is 4.70. The van der Waals surface area contributed by atoms with Crippen molar-refractivity contribution < 1.29 is 14.2 Å². The van der Waals surface area contributed by atoms with Crippen LogP contribution in [0.25, 0.3) is 0 Å². The topological polar surface area (TPSA) is 80.8 Å². The summed E-state index contributed by atoms with van der Waals surface area (Å²) in [6.07, 6.45) is 0. The van der Waals surface area contributed by atoms with Crippen LogP contribution in [0.5, 0.6) is 5.75 Å². The smallest absolute Gasteiger partial charge is 0.123 e. The van der Waals surface area contributed by atoms with Crippen LogP contribution in [0, 0.1) is 5.41 Å². The van der Waals surface area contributed by atoms with Gasteiger partial charge in [0.2, 0.25) is 0 Å². The quantitative estimate of drug-likeness (QED) is 0.498. The maximum atomic E-state index is 7.55. The Labute approximate surface area is 126 Å². The summed E-state index contributed by atoms with van der Waals surface area (Å²) in [7, 11) is 5.01. The minimum atomic E-state index is 0.0548. The zero-order chi connectivity index (χ0) is 15.7. The van der Waals surface area contributed by atoms with Crippen molar-refractivity contribution in [2.45, 2.75) is 6.54 Å². The fraction of sp³-hybridized carbons (Fsp3) is 0.533. The Morgan fingerprint density at radius 2 is 1.76 bits per heavy atom. The van der Waals surface area contributed by atoms with Gasteiger partial charge >= 0.3 is 0 Å². The van der Waals surface area contributed by atoms with E-state index < -0.39 is 0 Å². The molecule has 0 heterocycles. The van der Waals surface area contributed by atoms with Gasteiger partial charge in [0.15, 0.2) is 0 Å². The number of methoxy groups -OCH3 is 3. The van der Waals surface area contributed by atoms with E-state index in [0.717, 1.165) is 24.4 Å². The van der Waals surface area contributed by atoms with Crippen LogP contribution in [0.2, 0.25) is 0 Å². The molecule has 0 aliphatic rings. The van der Waals surface area contributed by atoms with Gasteiger partial charge in [0.05, 0.1) is 20.3 Å². The van der Waals surface area contributed by atoms with Gasteiger partial charge in [0.1, 0.15) is 11.6 Å². The van der Waals surface area contributed by atoms with Gasteiger partial charge in [-0.3, -0.25) is 10.3 Å². The molecule has 6 heteroatoms. The number of amidine groups is 1. The van der Waals surface area contributed by atoms with E-state index in [1.165, 1.54) is 0 Å². The average molecular weight is 295 g/mol. The number of ether oxygens (including phenoxy) is 3. The summed E-state index contributed by atoms with van der Waals surface area (Å²) in [6, 6.07) is 5.53. The van der Waals surface area contributed by atoms with Crippen molar-refractivity contribution in [3.63, 3.8) is 0 Å². The Morgan fingerprint density at radius 3 is 2.24 bits per heavy atom. The van der Waals surface area contributed by atoms with Gasteiger partial charge in [-0.2, -0.15) is 0 Å². The second kappa shape index (κ2) is 9.33. The van der Waals surface area contributed by atoms with Gasteiger partial charge in [0.25, 0.3) is 0 Å². The van der Waals surface area contributed by atoms with Crippen molar-refractivity contribution in [2.75, 3.05) is 47.6 Å². The molecular formula is C15H25N3O3. The Kier molecular flexibility index (Phi) is 7.74. The summed E-state index contributed by atoms with van der Waals surface area (Å²) >= 11 is 0. The molecule has 0 saturated carbocycles. The minimum absolute atomic E-state index is 0.0548. The molecule has 3 N–H and O–H groups in total. The first-order valence-corrected chi connectivity index (χ1v) is 6.84. The molecule has 0 unspecified atom stereocenters. The van der Waals surface area contributed by atoms with Crippen LogP contribution in [0.1, 0.15) is 11.1 Å². The third-order valence-corrected chi connectivity index (χ3v) is 3.21. The number of hydrogen-bond acceptors (Lipinski definition) is 5. The lowest BCUT2D eigenvalue weighted by molar-refractivity contribution is 0.110. The summed E-state index contributed by atoms with van der Waals surface area (Å²) in [6.45, 7) is 3.59. The molecule has 21 heavy (non-hydrogen) atoms. The lowest BCUT2D eigenvalue weighted by atomic mass is 10.1. The molecule has 0 saturated heterocycles. The summed E-state index contributed by atoms with van der Waals surface area (Å²) in [5.41, 5.74) is 7.25. The number of nitrogens with zero attached hydrogens (tertiary/aromatic N) is 1. The van der Waals surface area contributed by atoms with Crippen molar-refractivity contribution in [2.24, 2.45) is 5.73 Å². The summed E-state index contributed by atoms with van der Waals surface area (Å²) in [5, 5.41) is 7.55. The first-order chi connectivity index (χ1) is 10.1. The number of nitrogens with two attached hydrogens (primary N) is 1. The molecule has 0 amide bonds. The third-order valence-electron chi connectivity index (χ3n) is 3.21. The van der Waals surface area contributed by atoms with E-state index in [9.17, 15) is 0 Å². The number of nitrogens with one attached hydrogen (secondary N) is 1. The van der Waals surface area contributed by atoms with Crippen molar-refractivity contribution in [1.82, 2.24) is 4.90 Å². The molecule has 0 atom stereocenters. The predicted octanol–water partition coefficient (Wildman–Crippen LogP) is 1.07. The Hall–Kier alpha value is -1.63. The molecule has 1 rings (SSSR count). The maximum Gasteiger partial charge on any atom is 0.123 e. The zero-order valence-electron chi connectivity index (χ0n) is 13.0. The Balaban J connectivity index is 2.88. The molecule has 1 aromatic rings. The summed E-state index contributed by atoms with van der Waals surface area (Å²) < 4.78 is 15.7. The third kappa shape index (κ3) is 5.71. The van der Waals surface area contributed by atoms with Crippen molar-refractivity contribution in [3.05, 3.63) is 29.3 Å². The SMILES string of the molecule is COCCN(CCOC)Cc1cc(C(=N)N)ccc1OC. The molecule has 0 aromatic heterocycles. The fourth-order valence-electron chi connectivity index (χ4n) is 2.02. The molecule has 6 nitrogen and oxygen atoms in total. The molecule has 0 spiro atoms. The van der Waals surface area contributed by atoms with E-state index in [0.29, 0.717) is 25.3 Å². The molecule has 0 aliphatic carbocycles. The lowest BCUT2D eigenvalue weighted by Gasteiger charge is -2.23. The molecule has 1 aromatic carbocycles. The summed E-state index contributed by atoms with van der Waals surface area (Å²) in [4.78, 5) is 2.22. The fourth-order valence-corrected chi connectivity index (χ4v) is 2.02. The van der Waals surface area contributed by atoms with Gasteiger partial charge in [-0.15, -0.1) is 0 Å². The highest BCUT2D eigenvalue weighted by atomic mass is 16.5. The van der Waals surface area contributed by atoms with Gasteiger partial charge in [0, 0.05) is 45.0 Å². The van der Waals surface area contributed by atoms with Crippen LogP contribution in [0.15, 0.2) is 18.2 Å². The van der Waals surface area contributed by atoms with E-state index in [1.54, 1.807) is 27.4 Å². The average Bonchev–Trinajstić information content (AvgIpc) is 2.49. The van der Waals surface area contributed by atoms with Crippen molar-refractivity contribution >= 4 is 5.84 Å². The Morgan fingerprint density at radius 1 is 1.14 bits per heavy atom. The van der Waals surface area contributed by atoms with Gasteiger partial charge < -0.3 is 19.9 Å². The van der Waals surface area contributed by atoms with Crippen LogP contribution < -0.4 is 10.5 Å². The van der Waals surface area contributed by atoms with E-state index in [-0.39, 0.29) is 5.84 Å². The highest BCUT2D eigenvalue weighted by Crippen LogP contribution is 2.21. The standard InChI is InChI=1S/C15H25N3O3/c1-19-8-6-18(7-9-20-2)11-13-10-12(15(16)17)4-5-14(13)21-3/h4-5,10H,6-9,11H2,1-3H3,(H3,16,17). The molecule has 0 aliphatic heterocycles. The normalized spacial score (nSPS) is 10.9. The molecule has 0 radical (unpaired) electrons. The molecule has 0 fully saturated rings. The molecular weight excluding hydrogens is 270 g/mol. The number of benzene rings is 1. The van der Waals surface area contributed by atoms with Crippen LogP contribution >= 0.6 is 0 Å². The highest BCUT2D eigenvalue weighted by molar-refractivity contribution is 5.95. The predicted molar refractivity (Wildman–Crippen MR) is 83.0 cm³/mol. The van der Waals surface area contributed by atoms with Crippen LogP contribution in [0.3, 0.4) is 0 Å². The number of rotatable bonds is 10. The first kappa shape index (κ1) is 17.4.